The molecule has 3 aromatic rings. The second-order valence-corrected chi connectivity index (χ2v) is 6.71. The van der Waals surface area contributed by atoms with Gasteiger partial charge in [0.1, 0.15) is 12.8 Å². The highest BCUT2D eigenvalue weighted by Crippen LogP contribution is 2.31. The topological polar surface area (TPSA) is 157 Å². The minimum absolute atomic E-state index is 0.0492. The van der Waals surface area contributed by atoms with Gasteiger partial charge in [0.15, 0.2) is 11.7 Å². The van der Waals surface area contributed by atoms with Crippen molar-refractivity contribution in [3.8, 4) is 0 Å². The Kier molecular flexibility index (Phi) is 9.45. The van der Waals surface area contributed by atoms with E-state index in [-0.39, 0.29) is 17.6 Å². The summed E-state index contributed by atoms with van der Waals surface area (Å²) in [6.45, 7) is 2.29. The molecular formula is C23H27N5O4. The van der Waals surface area contributed by atoms with Crippen LogP contribution in [0.5, 0.6) is 0 Å². The largest absolute Gasteiger partial charge is 0.480 e. The number of aliphatic imine (C=N–C) groups is 1. The van der Waals surface area contributed by atoms with Crippen LogP contribution in [0.1, 0.15) is 46.8 Å². The molecule has 9 nitrogen and oxygen atoms in total. The van der Waals surface area contributed by atoms with E-state index < -0.39 is 18.4 Å². The monoisotopic (exact) mass is 437 g/mol. The van der Waals surface area contributed by atoms with Crippen molar-refractivity contribution in [2.45, 2.75) is 19.3 Å². The molecule has 9 heteroatoms. The minimum Gasteiger partial charge on any atom is -0.480 e. The van der Waals surface area contributed by atoms with Crippen molar-refractivity contribution < 1.29 is 19.1 Å². The van der Waals surface area contributed by atoms with Crippen LogP contribution in [0.4, 0.5) is 0 Å². The number of hydrogen-bond donors (Lipinski definition) is 4. The van der Waals surface area contributed by atoms with Crippen molar-refractivity contribution in [2.75, 3.05) is 13.1 Å². The number of aliphatic carboxylic acids is 1. The minimum atomic E-state index is -1.12. The fraction of sp³-hybridized carbons (Fsp3) is 0.217. The van der Waals surface area contributed by atoms with Crippen LogP contribution in [0.25, 0.3) is 0 Å². The van der Waals surface area contributed by atoms with Gasteiger partial charge in [-0.1, -0.05) is 67.6 Å². The molecule has 0 spiro atoms. The number of carboxylic acids is 1. The Morgan fingerprint density at radius 1 is 1.06 bits per heavy atom. The highest BCUT2D eigenvalue weighted by molar-refractivity contribution is 5.93. The summed E-state index contributed by atoms with van der Waals surface area (Å²) in [5.41, 5.74) is 12.0. The molecule has 1 heterocycles. The van der Waals surface area contributed by atoms with E-state index in [1.807, 2.05) is 67.6 Å². The molecule has 0 saturated carbocycles. The van der Waals surface area contributed by atoms with Crippen LogP contribution in [-0.4, -0.2) is 41.0 Å². The highest BCUT2D eigenvalue weighted by atomic mass is 16.4. The number of nitrogens with zero attached hydrogens (tertiary/aromatic N) is 2. The quantitative estimate of drug-likeness (QED) is 0.311. The van der Waals surface area contributed by atoms with Crippen LogP contribution in [0.15, 0.2) is 76.3 Å². The van der Waals surface area contributed by atoms with Crippen molar-refractivity contribution in [2.24, 2.45) is 16.5 Å². The molecule has 0 bridgehead atoms. The number of carbonyl (C=O) groups is 2. The lowest BCUT2D eigenvalue weighted by Gasteiger charge is -2.14. The summed E-state index contributed by atoms with van der Waals surface area (Å²) in [4.78, 5) is 30.5. The Labute approximate surface area is 186 Å². The van der Waals surface area contributed by atoms with Gasteiger partial charge in [-0.15, -0.1) is 0 Å². The smallest absolute Gasteiger partial charge is 0.322 e. The van der Waals surface area contributed by atoms with E-state index in [1.165, 1.54) is 6.26 Å². The Morgan fingerprint density at radius 2 is 1.62 bits per heavy atom. The van der Waals surface area contributed by atoms with Crippen LogP contribution in [-0.2, 0) is 4.79 Å². The van der Waals surface area contributed by atoms with Crippen LogP contribution in [0.2, 0.25) is 0 Å². The highest BCUT2D eigenvalue weighted by Gasteiger charge is 2.23. The number of rotatable bonds is 8. The SMILES string of the molecule is CCCN=C(N)N.O=C(O)CNC(=O)c1coc(C(c2ccccc2)c2ccccc2)n1. The molecule has 0 saturated heterocycles. The van der Waals surface area contributed by atoms with Crippen LogP contribution in [0.3, 0.4) is 0 Å². The lowest BCUT2D eigenvalue weighted by molar-refractivity contribution is -0.135. The number of amides is 1. The van der Waals surface area contributed by atoms with Crippen molar-refractivity contribution in [3.05, 3.63) is 89.6 Å². The first-order chi connectivity index (χ1) is 15.4. The van der Waals surface area contributed by atoms with Crippen LogP contribution >= 0.6 is 0 Å². The molecular weight excluding hydrogens is 410 g/mol. The first kappa shape index (κ1) is 24.1. The van der Waals surface area contributed by atoms with Crippen LogP contribution in [0, 0.1) is 0 Å². The fourth-order valence-electron chi connectivity index (χ4n) is 2.78. The van der Waals surface area contributed by atoms with Gasteiger partial charge in [-0.2, -0.15) is 0 Å². The lowest BCUT2D eigenvalue weighted by atomic mass is 9.91. The molecule has 0 aliphatic heterocycles. The molecule has 1 amide bonds. The van der Waals surface area contributed by atoms with Gasteiger partial charge in [0, 0.05) is 6.54 Å². The standard InChI is InChI=1S/C19H16N2O4.C4H11N3/c22-16(23)11-20-18(24)15-12-25-19(21-15)17(13-7-3-1-4-8-13)14-9-5-2-6-10-14;1-2-3-7-4(5)6/h1-10,12,17H,11H2,(H,20,24)(H,22,23);2-3H2,1H3,(H4,5,6,7). The number of nitrogens with two attached hydrogens (primary N) is 2. The Bertz CT molecular complexity index is 976. The van der Waals surface area contributed by atoms with Crippen molar-refractivity contribution in [1.29, 1.82) is 0 Å². The van der Waals surface area contributed by atoms with Crippen molar-refractivity contribution in [1.82, 2.24) is 10.3 Å². The van der Waals surface area contributed by atoms with E-state index in [1.54, 1.807) is 0 Å². The molecule has 168 valence electrons. The van der Waals surface area contributed by atoms with Gasteiger partial charge >= 0.3 is 5.97 Å². The molecule has 1 aromatic heterocycles. The number of carbonyl (C=O) groups excluding carboxylic acids is 1. The molecule has 0 unspecified atom stereocenters. The molecule has 0 aliphatic rings. The normalized spacial score (nSPS) is 10.1. The summed E-state index contributed by atoms with van der Waals surface area (Å²) in [5.74, 6) is -1.41. The van der Waals surface area contributed by atoms with Gasteiger partial charge in [0.25, 0.3) is 5.91 Å². The average molecular weight is 438 g/mol. The molecule has 2 aromatic carbocycles. The van der Waals surface area contributed by atoms with E-state index in [0.29, 0.717) is 5.89 Å². The molecule has 6 N–H and O–H groups in total. The second-order valence-electron chi connectivity index (χ2n) is 6.71. The Morgan fingerprint density at radius 3 is 2.06 bits per heavy atom. The molecule has 0 radical (unpaired) electrons. The lowest BCUT2D eigenvalue weighted by Crippen LogP contribution is -2.29. The third-order valence-electron chi connectivity index (χ3n) is 4.19. The maximum Gasteiger partial charge on any atom is 0.322 e. The average Bonchev–Trinajstić information content (AvgIpc) is 3.28. The van der Waals surface area contributed by atoms with E-state index >= 15 is 0 Å². The number of guanidine groups is 1. The van der Waals surface area contributed by atoms with Gasteiger partial charge in [-0.05, 0) is 17.5 Å². The molecule has 32 heavy (non-hydrogen) atoms. The predicted molar refractivity (Wildman–Crippen MR) is 121 cm³/mol. The van der Waals surface area contributed by atoms with Gasteiger partial charge in [-0.25, -0.2) is 4.98 Å². The summed E-state index contributed by atoms with van der Waals surface area (Å²) < 4.78 is 5.54. The first-order valence-electron chi connectivity index (χ1n) is 10.0. The van der Waals surface area contributed by atoms with Gasteiger partial charge in [-0.3, -0.25) is 14.6 Å². The number of aromatic nitrogens is 1. The van der Waals surface area contributed by atoms with E-state index in [4.69, 9.17) is 21.0 Å². The summed E-state index contributed by atoms with van der Waals surface area (Å²) in [6.07, 6.45) is 2.24. The van der Waals surface area contributed by atoms with Crippen molar-refractivity contribution in [3.63, 3.8) is 0 Å². The summed E-state index contributed by atoms with van der Waals surface area (Å²) in [7, 11) is 0. The fourth-order valence-corrected chi connectivity index (χ4v) is 2.78. The maximum absolute atomic E-state index is 12.0. The zero-order valence-electron chi connectivity index (χ0n) is 17.8. The molecule has 3 rings (SSSR count). The van der Waals surface area contributed by atoms with Crippen LogP contribution < -0.4 is 16.8 Å². The summed E-state index contributed by atoms with van der Waals surface area (Å²) in [5, 5.41) is 10.9. The number of nitrogens with one attached hydrogen (secondary N) is 1. The third kappa shape index (κ3) is 7.60. The van der Waals surface area contributed by atoms with Crippen molar-refractivity contribution >= 4 is 17.8 Å². The van der Waals surface area contributed by atoms with Gasteiger partial charge in [0.2, 0.25) is 5.89 Å². The van der Waals surface area contributed by atoms with E-state index in [9.17, 15) is 9.59 Å². The predicted octanol–water partition coefficient (Wildman–Crippen LogP) is 2.34. The molecule has 0 atom stereocenters. The van der Waals surface area contributed by atoms with Gasteiger partial charge in [0.05, 0.1) is 5.92 Å². The third-order valence-corrected chi connectivity index (χ3v) is 4.19. The Hall–Kier alpha value is -4.14. The van der Waals surface area contributed by atoms with Gasteiger partial charge < -0.3 is 26.3 Å². The van der Waals surface area contributed by atoms with E-state index in [0.717, 1.165) is 24.1 Å². The molecule has 0 aliphatic carbocycles. The summed E-state index contributed by atoms with van der Waals surface area (Å²) >= 11 is 0. The number of oxazole rings is 1. The number of carboxylic acid groups (broad SMARTS) is 1. The zero-order chi connectivity index (χ0) is 23.3. The van der Waals surface area contributed by atoms with E-state index in [2.05, 4.69) is 15.3 Å². The second kappa shape index (κ2) is 12.5. The first-order valence-corrected chi connectivity index (χ1v) is 10.0. The number of hydrogen-bond acceptors (Lipinski definition) is 5. The summed E-state index contributed by atoms with van der Waals surface area (Å²) in [6, 6.07) is 19.4. The zero-order valence-corrected chi connectivity index (χ0v) is 17.8. The Balaban J connectivity index is 0.000000451. The number of benzene rings is 2. The molecule has 0 fully saturated rings. The maximum atomic E-state index is 12.0.